The van der Waals surface area contributed by atoms with Crippen molar-refractivity contribution in [2.24, 2.45) is 7.05 Å². The molecule has 2 heterocycles. The number of unbranched alkanes of at least 4 members (excludes halogenated alkanes) is 1. The second-order valence-corrected chi connectivity index (χ2v) is 7.74. The molecule has 8 heteroatoms. The highest BCUT2D eigenvalue weighted by Crippen LogP contribution is 2.35. The lowest BCUT2D eigenvalue weighted by Crippen LogP contribution is -2.43. The van der Waals surface area contributed by atoms with Gasteiger partial charge in [-0.2, -0.15) is 0 Å². The summed E-state index contributed by atoms with van der Waals surface area (Å²) in [5, 5.41) is 9.51. The maximum atomic E-state index is 12.8. The van der Waals surface area contributed by atoms with Crippen molar-refractivity contribution < 1.29 is 14.7 Å². The summed E-state index contributed by atoms with van der Waals surface area (Å²) in [6.45, 7) is 1.98. The monoisotopic (exact) mass is 389 g/mol. The summed E-state index contributed by atoms with van der Waals surface area (Å²) in [4.78, 5) is 30.6. The van der Waals surface area contributed by atoms with Crippen LogP contribution in [-0.4, -0.2) is 41.8 Å². The van der Waals surface area contributed by atoms with Crippen molar-refractivity contribution in [3.8, 4) is 0 Å². The van der Waals surface area contributed by atoms with Crippen molar-refractivity contribution in [2.75, 3.05) is 0 Å². The van der Waals surface area contributed by atoms with Crippen LogP contribution in [0.15, 0.2) is 29.2 Å². The van der Waals surface area contributed by atoms with Gasteiger partial charge in [0.25, 0.3) is 5.91 Å². The average Bonchev–Trinajstić information content (AvgIpc) is 3.07. The SMILES string of the molecule is CCCCC(C(=O)O)N1C(=O)/C(=C\c2nc3ccccc3n2C)SC1=S. The Hall–Kier alpha value is -2.19. The molecule has 1 fully saturated rings. The van der Waals surface area contributed by atoms with Gasteiger partial charge in [-0.15, -0.1) is 0 Å². The van der Waals surface area contributed by atoms with Crippen LogP contribution in [0, 0.1) is 0 Å². The summed E-state index contributed by atoms with van der Waals surface area (Å²) in [6, 6.07) is 6.77. The fourth-order valence-electron chi connectivity index (χ4n) is 2.92. The fourth-order valence-corrected chi connectivity index (χ4v) is 4.25. The smallest absolute Gasteiger partial charge is 0.326 e. The molecular weight excluding hydrogens is 370 g/mol. The van der Waals surface area contributed by atoms with Crippen molar-refractivity contribution in [2.45, 2.75) is 32.2 Å². The number of carboxylic acids is 1. The average molecular weight is 390 g/mol. The first-order valence-electron chi connectivity index (χ1n) is 8.35. The number of fused-ring (bicyclic) bond motifs is 1. The van der Waals surface area contributed by atoms with Crippen LogP contribution < -0.4 is 0 Å². The molecule has 0 saturated carbocycles. The van der Waals surface area contributed by atoms with Gasteiger partial charge in [-0.05, 0) is 18.6 Å². The van der Waals surface area contributed by atoms with E-state index in [1.807, 2.05) is 42.8 Å². The second kappa shape index (κ2) is 7.59. The first kappa shape index (κ1) is 18.6. The topological polar surface area (TPSA) is 75.4 Å². The van der Waals surface area contributed by atoms with Crippen LogP contribution >= 0.6 is 24.0 Å². The molecule has 0 spiro atoms. The minimum atomic E-state index is -1.03. The number of thioether (sulfide) groups is 1. The van der Waals surface area contributed by atoms with E-state index in [0.717, 1.165) is 35.6 Å². The molecular formula is C18H19N3O3S2. The standard InChI is InChI=1S/C18H19N3O3S2/c1-3-4-8-13(17(23)24)21-16(22)14(26-18(21)25)10-15-19-11-7-5-6-9-12(11)20(15)2/h5-7,9-10,13H,3-4,8H2,1-2H3,(H,23,24)/b14-10+. The molecule has 1 aliphatic heterocycles. The van der Waals surface area contributed by atoms with Gasteiger partial charge < -0.3 is 9.67 Å². The maximum absolute atomic E-state index is 12.8. The third-order valence-electron chi connectivity index (χ3n) is 4.33. The number of thiocarbonyl (C=S) groups is 1. The van der Waals surface area contributed by atoms with Gasteiger partial charge in [0.15, 0.2) is 0 Å². The summed E-state index contributed by atoms with van der Waals surface area (Å²) >= 11 is 6.42. The van der Waals surface area contributed by atoms with Crippen LogP contribution in [0.2, 0.25) is 0 Å². The molecule has 1 amide bonds. The molecule has 1 atom stereocenters. The van der Waals surface area contributed by atoms with Crippen LogP contribution in [-0.2, 0) is 16.6 Å². The number of carbonyl (C=O) groups is 2. The lowest BCUT2D eigenvalue weighted by Gasteiger charge is -2.22. The quantitative estimate of drug-likeness (QED) is 0.603. The number of aliphatic carboxylic acids is 1. The lowest BCUT2D eigenvalue weighted by atomic mass is 10.1. The fraction of sp³-hybridized carbons (Fsp3) is 0.333. The van der Waals surface area contributed by atoms with E-state index in [1.54, 1.807) is 6.08 Å². The molecule has 1 N–H and O–H groups in total. The minimum Gasteiger partial charge on any atom is -0.480 e. The second-order valence-electron chi connectivity index (χ2n) is 6.07. The number of carboxylic acid groups (broad SMARTS) is 1. The highest BCUT2D eigenvalue weighted by atomic mass is 32.2. The molecule has 1 unspecified atom stereocenters. The van der Waals surface area contributed by atoms with E-state index in [0.29, 0.717) is 17.2 Å². The van der Waals surface area contributed by atoms with E-state index in [9.17, 15) is 14.7 Å². The van der Waals surface area contributed by atoms with Gasteiger partial charge in [-0.3, -0.25) is 9.69 Å². The van der Waals surface area contributed by atoms with E-state index in [1.165, 1.54) is 4.90 Å². The lowest BCUT2D eigenvalue weighted by molar-refractivity contribution is -0.145. The Balaban J connectivity index is 1.93. The Morgan fingerprint density at radius 1 is 1.42 bits per heavy atom. The van der Waals surface area contributed by atoms with Gasteiger partial charge in [0, 0.05) is 13.1 Å². The highest BCUT2D eigenvalue weighted by Gasteiger charge is 2.40. The van der Waals surface area contributed by atoms with Crippen LogP contribution in [0.4, 0.5) is 0 Å². The Labute approximate surface area is 160 Å². The van der Waals surface area contributed by atoms with Crippen molar-refractivity contribution in [3.63, 3.8) is 0 Å². The molecule has 3 rings (SSSR count). The number of hydrogen-bond donors (Lipinski definition) is 1. The molecule has 1 aromatic heterocycles. The summed E-state index contributed by atoms with van der Waals surface area (Å²) < 4.78 is 2.18. The number of carbonyl (C=O) groups excluding carboxylic acids is 1. The highest BCUT2D eigenvalue weighted by molar-refractivity contribution is 8.26. The van der Waals surface area contributed by atoms with E-state index >= 15 is 0 Å². The Bertz CT molecular complexity index is 920. The molecule has 1 aliphatic rings. The predicted octanol–water partition coefficient (Wildman–Crippen LogP) is 3.42. The summed E-state index contributed by atoms with van der Waals surface area (Å²) in [5.41, 5.74) is 1.80. The van der Waals surface area contributed by atoms with Gasteiger partial charge in [-0.1, -0.05) is 55.9 Å². The molecule has 26 heavy (non-hydrogen) atoms. The van der Waals surface area contributed by atoms with Crippen molar-refractivity contribution in [3.05, 3.63) is 35.0 Å². The third-order valence-corrected chi connectivity index (χ3v) is 5.66. The molecule has 0 bridgehead atoms. The van der Waals surface area contributed by atoms with E-state index < -0.39 is 12.0 Å². The van der Waals surface area contributed by atoms with Crippen LogP contribution in [0.3, 0.4) is 0 Å². The van der Waals surface area contributed by atoms with Crippen molar-refractivity contribution in [1.82, 2.24) is 14.5 Å². The zero-order chi connectivity index (χ0) is 18.8. The number of rotatable bonds is 6. The van der Waals surface area contributed by atoms with Gasteiger partial charge in [0.1, 0.15) is 16.2 Å². The van der Waals surface area contributed by atoms with Gasteiger partial charge >= 0.3 is 5.97 Å². The summed E-state index contributed by atoms with van der Waals surface area (Å²) in [6.07, 6.45) is 3.64. The molecule has 0 aliphatic carbocycles. The minimum absolute atomic E-state index is 0.281. The molecule has 2 aromatic rings. The molecule has 136 valence electrons. The zero-order valence-electron chi connectivity index (χ0n) is 14.5. The van der Waals surface area contributed by atoms with Crippen molar-refractivity contribution in [1.29, 1.82) is 0 Å². The zero-order valence-corrected chi connectivity index (χ0v) is 16.1. The Morgan fingerprint density at radius 3 is 2.81 bits per heavy atom. The van der Waals surface area contributed by atoms with Crippen LogP contribution in [0.5, 0.6) is 0 Å². The Kier molecular flexibility index (Phi) is 5.43. The van der Waals surface area contributed by atoms with Crippen LogP contribution in [0.25, 0.3) is 17.1 Å². The van der Waals surface area contributed by atoms with Gasteiger partial charge in [-0.25, -0.2) is 9.78 Å². The number of aryl methyl sites for hydroxylation is 1. The summed E-state index contributed by atoms with van der Waals surface area (Å²) in [7, 11) is 1.88. The van der Waals surface area contributed by atoms with Crippen LogP contribution in [0.1, 0.15) is 32.0 Å². The number of nitrogens with zero attached hydrogens (tertiary/aromatic N) is 3. The maximum Gasteiger partial charge on any atom is 0.326 e. The van der Waals surface area contributed by atoms with Gasteiger partial charge in [0.2, 0.25) is 0 Å². The largest absolute Gasteiger partial charge is 0.480 e. The number of benzene rings is 1. The summed E-state index contributed by atoms with van der Waals surface area (Å²) in [5.74, 6) is -0.763. The van der Waals surface area contributed by atoms with Crippen molar-refractivity contribution >= 4 is 57.3 Å². The number of para-hydroxylation sites is 2. The normalized spacial score (nSPS) is 17.5. The number of aromatic nitrogens is 2. The first-order valence-corrected chi connectivity index (χ1v) is 9.57. The first-order chi connectivity index (χ1) is 12.4. The molecule has 1 saturated heterocycles. The van der Waals surface area contributed by atoms with E-state index in [2.05, 4.69) is 4.98 Å². The predicted molar refractivity (Wildman–Crippen MR) is 107 cm³/mol. The third kappa shape index (κ3) is 3.39. The molecule has 0 radical (unpaired) electrons. The Morgan fingerprint density at radius 2 is 2.15 bits per heavy atom. The molecule has 6 nitrogen and oxygen atoms in total. The number of hydrogen-bond acceptors (Lipinski definition) is 5. The van der Waals surface area contributed by atoms with E-state index in [4.69, 9.17) is 12.2 Å². The number of amides is 1. The van der Waals surface area contributed by atoms with E-state index in [-0.39, 0.29) is 10.2 Å². The molecule has 1 aromatic carbocycles. The van der Waals surface area contributed by atoms with Gasteiger partial charge in [0.05, 0.1) is 15.9 Å². The number of imidazole rings is 1.